The Hall–Kier alpha value is -1.91. The molecular weight excluding hydrogens is 281 g/mol. The second-order valence-corrected chi connectivity index (χ2v) is 5.55. The summed E-state index contributed by atoms with van der Waals surface area (Å²) in [5.74, 6) is -0.114. The van der Waals surface area contributed by atoms with Gasteiger partial charge in [-0.1, -0.05) is 30.3 Å². The smallest absolute Gasteiger partial charge is 0.129 e. The summed E-state index contributed by atoms with van der Waals surface area (Å²) >= 11 is 0. The third kappa shape index (κ3) is 4.83. The number of hydrogen-bond donors (Lipinski definition) is 3. The van der Waals surface area contributed by atoms with Crippen LogP contribution in [0.5, 0.6) is 5.75 Å². The molecule has 2 rings (SSSR count). The van der Waals surface area contributed by atoms with E-state index in [0.717, 1.165) is 18.4 Å². The van der Waals surface area contributed by atoms with Gasteiger partial charge in [0.05, 0.1) is 6.10 Å². The van der Waals surface area contributed by atoms with E-state index < -0.39 is 6.10 Å². The maximum absolute atomic E-state index is 13.6. The monoisotopic (exact) mass is 303 g/mol. The fraction of sp³-hybridized carbons (Fsp3) is 0.333. The summed E-state index contributed by atoms with van der Waals surface area (Å²) in [6.45, 7) is 2.35. The molecular formula is C18H22FNO2. The van der Waals surface area contributed by atoms with Gasteiger partial charge in [0.15, 0.2) is 0 Å². The molecule has 0 amide bonds. The summed E-state index contributed by atoms with van der Waals surface area (Å²) in [7, 11) is 0. The highest BCUT2D eigenvalue weighted by molar-refractivity contribution is 5.26. The van der Waals surface area contributed by atoms with E-state index in [2.05, 4.69) is 5.32 Å². The molecule has 0 fully saturated rings. The Balaban J connectivity index is 1.76. The van der Waals surface area contributed by atoms with E-state index in [1.807, 2.05) is 19.1 Å². The van der Waals surface area contributed by atoms with Crippen LogP contribution in [0.4, 0.5) is 4.39 Å². The Kier molecular flexibility index (Phi) is 5.92. The highest BCUT2D eigenvalue weighted by Gasteiger charge is 2.13. The van der Waals surface area contributed by atoms with Crippen molar-refractivity contribution < 1.29 is 14.6 Å². The molecule has 0 heterocycles. The zero-order chi connectivity index (χ0) is 15.9. The number of nitrogens with one attached hydrogen (secondary N) is 1. The molecule has 2 aromatic carbocycles. The molecule has 0 aliphatic carbocycles. The van der Waals surface area contributed by atoms with Crippen LogP contribution in [0, 0.1) is 5.82 Å². The van der Waals surface area contributed by atoms with Crippen LogP contribution in [0.3, 0.4) is 0 Å². The lowest BCUT2D eigenvalue weighted by atomic mass is 10.0. The Labute approximate surface area is 130 Å². The molecule has 0 spiro atoms. The van der Waals surface area contributed by atoms with Gasteiger partial charge in [-0.15, -0.1) is 0 Å². The lowest BCUT2D eigenvalue weighted by Crippen LogP contribution is -2.31. The first-order chi connectivity index (χ1) is 10.6. The SMILES string of the molecule is C[C@H](CCc1ccc(O)cc1)NCC(O)c1ccccc1F. The molecule has 0 aromatic heterocycles. The molecule has 22 heavy (non-hydrogen) atoms. The summed E-state index contributed by atoms with van der Waals surface area (Å²) < 4.78 is 13.6. The Morgan fingerprint density at radius 2 is 1.77 bits per heavy atom. The van der Waals surface area contributed by atoms with Gasteiger partial charge < -0.3 is 15.5 Å². The molecule has 0 aliphatic heterocycles. The average Bonchev–Trinajstić information content (AvgIpc) is 2.52. The third-order valence-electron chi connectivity index (χ3n) is 3.73. The number of aliphatic hydroxyl groups excluding tert-OH is 1. The molecule has 3 nitrogen and oxygen atoms in total. The van der Waals surface area contributed by atoms with E-state index in [4.69, 9.17) is 0 Å². The number of phenolic OH excluding ortho intramolecular Hbond substituents is 1. The molecule has 0 aliphatic rings. The van der Waals surface area contributed by atoms with Gasteiger partial charge in [-0.05, 0) is 43.5 Å². The third-order valence-corrected chi connectivity index (χ3v) is 3.73. The molecule has 1 unspecified atom stereocenters. The molecule has 0 saturated carbocycles. The number of aryl methyl sites for hydroxylation is 1. The van der Waals surface area contributed by atoms with E-state index in [0.29, 0.717) is 12.1 Å². The molecule has 0 radical (unpaired) electrons. The fourth-order valence-corrected chi connectivity index (χ4v) is 2.32. The zero-order valence-electron chi connectivity index (χ0n) is 12.7. The Morgan fingerprint density at radius 1 is 1.09 bits per heavy atom. The van der Waals surface area contributed by atoms with E-state index in [-0.39, 0.29) is 17.6 Å². The highest BCUT2D eigenvalue weighted by Crippen LogP contribution is 2.16. The minimum absolute atomic E-state index is 0.204. The van der Waals surface area contributed by atoms with Crippen molar-refractivity contribution in [3.05, 3.63) is 65.5 Å². The van der Waals surface area contributed by atoms with Crippen molar-refractivity contribution in [2.75, 3.05) is 6.54 Å². The van der Waals surface area contributed by atoms with Crippen LogP contribution in [0.15, 0.2) is 48.5 Å². The van der Waals surface area contributed by atoms with Crippen LogP contribution in [0.2, 0.25) is 0 Å². The van der Waals surface area contributed by atoms with Crippen LogP contribution in [-0.2, 0) is 6.42 Å². The topological polar surface area (TPSA) is 52.5 Å². The number of benzene rings is 2. The lowest BCUT2D eigenvalue weighted by Gasteiger charge is -2.18. The first-order valence-electron chi connectivity index (χ1n) is 7.50. The molecule has 118 valence electrons. The molecule has 0 saturated heterocycles. The van der Waals surface area contributed by atoms with Crippen molar-refractivity contribution in [1.29, 1.82) is 0 Å². The Morgan fingerprint density at radius 3 is 2.45 bits per heavy atom. The average molecular weight is 303 g/mol. The zero-order valence-corrected chi connectivity index (χ0v) is 12.7. The minimum atomic E-state index is -0.850. The largest absolute Gasteiger partial charge is 0.508 e. The van der Waals surface area contributed by atoms with Gasteiger partial charge in [0.2, 0.25) is 0 Å². The summed E-state index contributed by atoms with van der Waals surface area (Å²) in [5, 5.41) is 22.5. The summed E-state index contributed by atoms with van der Waals surface area (Å²) in [6, 6.07) is 13.6. The van der Waals surface area contributed by atoms with Crippen LogP contribution in [0.1, 0.15) is 30.6 Å². The summed E-state index contributed by atoms with van der Waals surface area (Å²) in [6.07, 6.45) is 0.927. The van der Waals surface area contributed by atoms with Gasteiger partial charge in [-0.25, -0.2) is 4.39 Å². The van der Waals surface area contributed by atoms with Crippen LogP contribution in [0.25, 0.3) is 0 Å². The first-order valence-corrected chi connectivity index (χ1v) is 7.50. The van der Waals surface area contributed by atoms with Gasteiger partial charge >= 0.3 is 0 Å². The lowest BCUT2D eigenvalue weighted by molar-refractivity contribution is 0.165. The second kappa shape index (κ2) is 7.92. The fourth-order valence-electron chi connectivity index (χ4n) is 2.32. The molecule has 4 heteroatoms. The maximum atomic E-state index is 13.6. The van der Waals surface area contributed by atoms with Crippen molar-refractivity contribution in [3.63, 3.8) is 0 Å². The van der Waals surface area contributed by atoms with E-state index in [9.17, 15) is 14.6 Å². The number of phenols is 1. The number of halogens is 1. The van der Waals surface area contributed by atoms with E-state index >= 15 is 0 Å². The van der Waals surface area contributed by atoms with Crippen LogP contribution < -0.4 is 5.32 Å². The van der Waals surface area contributed by atoms with Crippen LogP contribution >= 0.6 is 0 Å². The van der Waals surface area contributed by atoms with Crippen LogP contribution in [-0.4, -0.2) is 22.8 Å². The van der Waals surface area contributed by atoms with Crippen molar-refractivity contribution in [2.24, 2.45) is 0 Å². The number of hydrogen-bond acceptors (Lipinski definition) is 3. The minimum Gasteiger partial charge on any atom is -0.508 e. The quantitative estimate of drug-likeness (QED) is 0.736. The predicted molar refractivity (Wildman–Crippen MR) is 85.3 cm³/mol. The normalized spacial score (nSPS) is 13.8. The summed E-state index contributed by atoms with van der Waals surface area (Å²) in [5.41, 5.74) is 1.47. The molecule has 3 N–H and O–H groups in total. The van der Waals surface area contributed by atoms with Gasteiger partial charge in [-0.2, -0.15) is 0 Å². The predicted octanol–water partition coefficient (Wildman–Crippen LogP) is 3.18. The number of rotatable bonds is 7. The summed E-state index contributed by atoms with van der Waals surface area (Å²) in [4.78, 5) is 0. The van der Waals surface area contributed by atoms with Crippen molar-refractivity contribution in [2.45, 2.75) is 31.9 Å². The highest BCUT2D eigenvalue weighted by atomic mass is 19.1. The van der Waals surface area contributed by atoms with Gasteiger partial charge in [0.25, 0.3) is 0 Å². The number of aliphatic hydroxyl groups is 1. The van der Waals surface area contributed by atoms with Crippen molar-refractivity contribution >= 4 is 0 Å². The first kappa shape index (κ1) is 16.5. The van der Waals surface area contributed by atoms with Crippen molar-refractivity contribution in [3.8, 4) is 5.75 Å². The maximum Gasteiger partial charge on any atom is 0.129 e. The van der Waals surface area contributed by atoms with Gasteiger partial charge in [0.1, 0.15) is 11.6 Å². The van der Waals surface area contributed by atoms with Gasteiger partial charge in [-0.3, -0.25) is 0 Å². The van der Waals surface area contributed by atoms with E-state index in [1.54, 1.807) is 30.3 Å². The standard InChI is InChI=1S/C18H22FNO2/c1-13(6-7-14-8-10-15(21)11-9-14)20-12-18(22)16-4-2-3-5-17(16)19/h2-5,8-11,13,18,20-22H,6-7,12H2,1H3/t13-,18?/m1/s1. The number of aromatic hydroxyl groups is 1. The molecule has 2 atom stereocenters. The van der Waals surface area contributed by atoms with E-state index in [1.165, 1.54) is 6.07 Å². The van der Waals surface area contributed by atoms with Crippen molar-refractivity contribution in [1.82, 2.24) is 5.32 Å². The molecule has 0 bridgehead atoms. The van der Waals surface area contributed by atoms with Gasteiger partial charge in [0, 0.05) is 18.2 Å². The Bertz CT molecular complexity index is 586. The second-order valence-electron chi connectivity index (χ2n) is 5.55. The molecule has 2 aromatic rings.